The second kappa shape index (κ2) is 3.00. The van der Waals surface area contributed by atoms with Crippen molar-refractivity contribution in [1.82, 2.24) is 0 Å². The summed E-state index contributed by atoms with van der Waals surface area (Å²) in [6, 6.07) is 6.63. The Morgan fingerprint density at radius 2 is 2.07 bits per heavy atom. The Morgan fingerprint density at radius 1 is 1.29 bits per heavy atom. The zero-order chi connectivity index (χ0) is 10.2. The lowest BCUT2D eigenvalue weighted by atomic mass is 10.2. The molecule has 6 heteroatoms. The van der Waals surface area contributed by atoms with E-state index in [0.717, 1.165) is 5.39 Å². The van der Waals surface area contributed by atoms with E-state index in [4.69, 9.17) is 8.97 Å². The average molecular weight is 213 g/mol. The summed E-state index contributed by atoms with van der Waals surface area (Å²) >= 11 is 0. The summed E-state index contributed by atoms with van der Waals surface area (Å²) in [5.41, 5.74) is 0.611. The molecule has 0 aliphatic heterocycles. The van der Waals surface area contributed by atoms with Crippen LogP contribution in [-0.4, -0.2) is 13.0 Å². The molecule has 0 bridgehead atoms. The van der Waals surface area contributed by atoms with Crippen molar-refractivity contribution in [2.45, 2.75) is 0 Å². The molecule has 2 aromatic rings. The summed E-state index contributed by atoms with van der Waals surface area (Å²) in [5, 5.41) is 0.763. The van der Waals surface area contributed by atoms with Crippen LogP contribution in [0.15, 0.2) is 34.9 Å². The number of nitrogens with one attached hydrogen (secondary N) is 1. The minimum Gasteiger partial charge on any atom is -0.462 e. The molecule has 1 aromatic heterocycles. The molecule has 0 amide bonds. The lowest BCUT2D eigenvalue weighted by Gasteiger charge is -2.01. The third kappa shape index (κ3) is 1.70. The van der Waals surface area contributed by atoms with Crippen molar-refractivity contribution in [1.29, 1.82) is 0 Å². The molecule has 0 atom stereocenters. The molecule has 0 fully saturated rings. The van der Waals surface area contributed by atoms with E-state index in [2.05, 4.69) is 0 Å². The minimum atomic E-state index is -4.26. The molecule has 0 aliphatic carbocycles. The number of benzene rings is 1. The summed E-state index contributed by atoms with van der Waals surface area (Å²) in [5.74, 6) is 0. The average Bonchev–Trinajstić information content (AvgIpc) is 2.49. The largest absolute Gasteiger partial charge is 0.462 e. The summed E-state index contributed by atoms with van der Waals surface area (Å²) in [6.07, 6.45) is 1.44. The molecular formula is C8H7NO4S. The lowest BCUT2D eigenvalue weighted by Crippen LogP contribution is -2.10. The van der Waals surface area contributed by atoms with Gasteiger partial charge in [0, 0.05) is 5.39 Å². The topological polar surface area (TPSA) is 79.5 Å². The van der Waals surface area contributed by atoms with Crippen LogP contribution in [0.5, 0.6) is 0 Å². The molecule has 0 saturated heterocycles. The Bertz CT molecular complexity index is 557. The number of hydrogen-bond donors (Lipinski definition) is 2. The predicted molar refractivity (Wildman–Crippen MR) is 51.4 cm³/mol. The summed E-state index contributed by atoms with van der Waals surface area (Å²) < 4.78 is 36.7. The van der Waals surface area contributed by atoms with E-state index < -0.39 is 10.3 Å². The van der Waals surface area contributed by atoms with Crippen molar-refractivity contribution in [3.8, 4) is 0 Å². The van der Waals surface area contributed by atoms with Crippen LogP contribution in [0.2, 0.25) is 0 Å². The van der Waals surface area contributed by atoms with Gasteiger partial charge in [0.25, 0.3) is 0 Å². The van der Waals surface area contributed by atoms with E-state index in [1.54, 1.807) is 18.2 Å². The van der Waals surface area contributed by atoms with E-state index in [1.165, 1.54) is 12.3 Å². The maximum atomic E-state index is 10.6. The molecular weight excluding hydrogens is 206 g/mol. The molecule has 5 nitrogen and oxygen atoms in total. The maximum absolute atomic E-state index is 10.6. The third-order valence-corrected chi connectivity index (χ3v) is 2.20. The normalized spacial score (nSPS) is 11.8. The molecule has 14 heavy (non-hydrogen) atoms. The molecule has 1 aromatic carbocycles. The van der Waals surface area contributed by atoms with Crippen LogP contribution >= 0.6 is 0 Å². The molecule has 2 rings (SSSR count). The summed E-state index contributed by atoms with van der Waals surface area (Å²) in [4.78, 5) is 0. The third-order valence-electron chi connectivity index (χ3n) is 1.72. The van der Waals surface area contributed by atoms with Gasteiger partial charge in [-0.3, -0.25) is 9.27 Å². The first-order valence-electron chi connectivity index (χ1n) is 3.78. The van der Waals surface area contributed by atoms with Gasteiger partial charge in [0.2, 0.25) is 0 Å². The monoisotopic (exact) mass is 213 g/mol. The second-order valence-corrected chi connectivity index (χ2v) is 3.88. The van der Waals surface area contributed by atoms with Gasteiger partial charge in [-0.25, -0.2) is 0 Å². The highest BCUT2D eigenvalue weighted by Gasteiger charge is 2.09. The smallest absolute Gasteiger partial charge is 0.357 e. The Labute approximate surface area is 80.2 Å². The standard InChI is InChI=1S/C8H7NO4S/c10-14(11,12)9-7-3-1-2-6-4-5-13-8(6)7/h1-5,9H,(H,10,11,12). The Hall–Kier alpha value is -1.53. The zero-order valence-corrected chi connectivity index (χ0v) is 7.78. The van der Waals surface area contributed by atoms with Crippen molar-refractivity contribution >= 4 is 27.0 Å². The van der Waals surface area contributed by atoms with Gasteiger partial charge in [-0.2, -0.15) is 8.42 Å². The van der Waals surface area contributed by atoms with Gasteiger partial charge in [0.1, 0.15) is 0 Å². The van der Waals surface area contributed by atoms with Gasteiger partial charge < -0.3 is 4.42 Å². The minimum absolute atomic E-state index is 0.218. The van der Waals surface area contributed by atoms with Crippen LogP contribution in [0, 0.1) is 0 Å². The highest BCUT2D eigenvalue weighted by atomic mass is 32.2. The van der Waals surface area contributed by atoms with Gasteiger partial charge in [-0.05, 0) is 12.1 Å². The van der Waals surface area contributed by atoms with E-state index in [0.29, 0.717) is 5.58 Å². The molecule has 0 spiro atoms. The number of para-hydroxylation sites is 1. The van der Waals surface area contributed by atoms with E-state index in [9.17, 15) is 8.42 Å². The molecule has 74 valence electrons. The summed E-state index contributed by atoms with van der Waals surface area (Å²) in [7, 11) is -4.26. The van der Waals surface area contributed by atoms with E-state index in [1.807, 2.05) is 4.72 Å². The fourth-order valence-corrected chi connectivity index (χ4v) is 1.65. The van der Waals surface area contributed by atoms with Gasteiger partial charge in [-0.15, -0.1) is 0 Å². The highest BCUT2D eigenvalue weighted by Crippen LogP contribution is 2.24. The van der Waals surface area contributed by atoms with Crippen molar-refractivity contribution in [2.75, 3.05) is 4.72 Å². The number of anilines is 1. The van der Waals surface area contributed by atoms with Gasteiger partial charge in [-0.1, -0.05) is 12.1 Å². The molecule has 0 saturated carbocycles. The van der Waals surface area contributed by atoms with Crippen molar-refractivity contribution in [3.63, 3.8) is 0 Å². The van der Waals surface area contributed by atoms with E-state index >= 15 is 0 Å². The lowest BCUT2D eigenvalue weighted by molar-refractivity contribution is 0.489. The Kier molecular flexibility index (Phi) is 1.94. The highest BCUT2D eigenvalue weighted by molar-refractivity contribution is 7.87. The molecule has 1 heterocycles. The zero-order valence-electron chi connectivity index (χ0n) is 6.97. The Balaban J connectivity index is 2.57. The van der Waals surface area contributed by atoms with Gasteiger partial charge >= 0.3 is 10.3 Å². The first-order valence-corrected chi connectivity index (χ1v) is 5.22. The van der Waals surface area contributed by atoms with Crippen molar-refractivity contribution in [2.24, 2.45) is 0 Å². The predicted octanol–water partition coefficient (Wildman–Crippen LogP) is 1.65. The molecule has 0 radical (unpaired) electrons. The Morgan fingerprint density at radius 3 is 2.79 bits per heavy atom. The first kappa shape index (κ1) is 9.04. The van der Waals surface area contributed by atoms with Gasteiger partial charge in [0.15, 0.2) is 5.58 Å². The summed E-state index contributed by atoms with van der Waals surface area (Å²) in [6.45, 7) is 0. The SMILES string of the molecule is O=S(=O)(O)Nc1cccc2ccoc12. The molecule has 0 unspecified atom stereocenters. The number of fused-ring (bicyclic) bond motifs is 1. The van der Waals surface area contributed by atoms with Crippen LogP contribution in [-0.2, 0) is 10.3 Å². The number of hydrogen-bond acceptors (Lipinski definition) is 3. The number of rotatable bonds is 2. The molecule has 0 aliphatic rings. The van der Waals surface area contributed by atoms with Crippen LogP contribution in [0.25, 0.3) is 11.0 Å². The van der Waals surface area contributed by atoms with Gasteiger partial charge in [0.05, 0.1) is 12.0 Å². The van der Waals surface area contributed by atoms with Crippen LogP contribution < -0.4 is 4.72 Å². The number of furan rings is 1. The first-order chi connectivity index (χ1) is 6.56. The quantitative estimate of drug-likeness (QED) is 0.743. The van der Waals surface area contributed by atoms with Crippen LogP contribution in [0.3, 0.4) is 0 Å². The fraction of sp³-hybridized carbons (Fsp3) is 0. The second-order valence-electron chi connectivity index (χ2n) is 2.72. The van der Waals surface area contributed by atoms with Crippen molar-refractivity contribution in [3.05, 3.63) is 30.5 Å². The fourth-order valence-electron chi connectivity index (χ4n) is 1.21. The van der Waals surface area contributed by atoms with Crippen LogP contribution in [0.4, 0.5) is 5.69 Å². The van der Waals surface area contributed by atoms with Crippen molar-refractivity contribution < 1.29 is 17.4 Å². The van der Waals surface area contributed by atoms with E-state index in [-0.39, 0.29) is 5.69 Å². The van der Waals surface area contributed by atoms with Crippen LogP contribution in [0.1, 0.15) is 0 Å². The maximum Gasteiger partial charge on any atom is 0.357 e. The molecule has 2 N–H and O–H groups in total.